The third-order valence-electron chi connectivity index (χ3n) is 3.00. The van der Waals surface area contributed by atoms with Crippen LogP contribution in [0.4, 0.5) is 0 Å². The molecule has 0 amide bonds. The maximum atomic E-state index is 5.42. The van der Waals surface area contributed by atoms with E-state index >= 15 is 0 Å². The third kappa shape index (κ3) is 4.02. The smallest absolute Gasteiger partial charge is 0.132 e. The van der Waals surface area contributed by atoms with E-state index in [0.717, 1.165) is 30.2 Å². The fourth-order valence-electron chi connectivity index (χ4n) is 1.97. The van der Waals surface area contributed by atoms with Gasteiger partial charge in [0.2, 0.25) is 0 Å². The minimum Gasteiger partial charge on any atom is -0.496 e. The number of rotatable bonds is 7. The second kappa shape index (κ2) is 7.98. The topological polar surface area (TPSA) is 21.3 Å². The van der Waals surface area contributed by atoms with E-state index in [1.165, 1.54) is 10.5 Å². The van der Waals surface area contributed by atoms with Crippen molar-refractivity contribution in [1.29, 1.82) is 0 Å². The van der Waals surface area contributed by atoms with Gasteiger partial charge in [-0.3, -0.25) is 0 Å². The molecule has 3 heteroatoms. The molecule has 106 valence electrons. The number of nitrogens with one attached hydrogen (secondary N) is 1. The first kappa shape index (κ1) is 14.9. The second-order valence-electron chi connectivity index (χ2n) is 4.54. The number of benzene rings is 2. The van der Waals surface area contributed by atoms with Crippen molar-refractivity contribution in [2.75, 3.05) is 13.7 Å². The van der Waals surface area contributed by atoms with E-state index in [1.807, 2.05) is 18.2 Å². The third-order valence-corrected chi connectivity index (χ3v) is 4.18. The fourth-order valence-corrected chi connectivity index (χ4v) is 3.02. The maximum absolute atomic E-state index is 5.42. The summed E-state index contributed by atoms with van der Waals surface area (Å²) in [6.07, 6.45) is 1.15. The molecule has 20 heavy (non-hydrogen) atoms. The van der Waals surface area contributed by atoms with E-state index in [-0.39, 0.29) is 0 Å². The van der Waals surface area contributed by atoms with Crippen molar-refractivity contribution in [1.82, 2.24) is 5.32 Å². The van der Waals surface area contributed by atoms with Crippen molar-refractivity contribution < 1.29 is 4.74 Å². The first-order valence-corrected chi connectivity index (χ1v) is 7.76. The number of hydrogen-bond donors (Lipinski definition) is 1. The summed E-state index contributed by atoms with van der Waals surface area (Å²) in [7, 11) is 1.72. The van der Waals surface area contributed by atoms with Crippen LogP contribution >= 0.6 is 11.8 Å². The Morgan fingerprint density at radius 2 is 1.70 bits per heavy atom. The van der Waals surface area contributed by atoms with Gasteiger partial charge in [-0.05, 0) is 36.7 Å². The van der Waals surface area contributed by atoms with Crippen LogP contribution in [0.5, 0.6) is 5.75 Å². The van der Waals surface area contributed by atoms with Crippen molar-refractivity contribution >= 4 is 11.8 Å². The van der Waals surface area contributed by atoms with E-state index < -0.39 is 0 Å². The van der Waals surface area contributed by atoms with Gasteiger partial charge < -0.3 is 10.1 Å². The highest BCUT2D eigenvalue weighted by atomic mass is 32.2. The molecule has 0 saturated heterocycles. The van der Waals surface area contributed by atoms with Gasteiger partial charge in [-0.15, -0.1) is 0 Å². The Balaban J connectivity index is 2.16. The minimum absolute atomic E-state index is 0.909. The molecule has 0 saturated carbocycles. The van der Waals surface area contributed by atoms with Gasteiger partial charge in [0.25, 0.3) is 0 Å². The Bertz CT molecular complexity index is 542. The molecule has 0 unspecified atom stereocenters. The Hall–Kier alpha value is -1.45. The van der Waals surface area contributed by atoms with Gasteiger partial charge in [-0.2, -0.15) is 0 Å². The van der Waals surface area contributed by atoms with E-state index in [2.05, 4.69) is 42.6 Å². The summed E-state index contributed by atoms with van der Waals surface area (Å²) in [5, 5.41) is 3.46. The van der Waals surface area contributed by atoms with Gasteiger partial charge >= 0.3 is 0 Å². The average molecular weight is 287 g/mol. The molecule has 0 spiro atoms. The fraction of sp³-hybridized carbons (Fsp3) is 0.294. The van der Waals surface area contributed by atoms with E-state index in [0.29, 0.717) is 0 Å². The highest BCUT2D eigenvalue weighted by Crippen LogP contribution is 2.36. The molecule has 0 bridgehead atoms. The largest absolute Gasteiger partial charge is 0.496 e. The zero-order valence-electron chi connectivity index (χ0n) is 12.1. The highest BCUT2D eigenvalue weighted by Gasteiger charge is 2.07. The van der Waals surface area contributed by atoms with Crippen molar-refractivity contribution in [2.45, 2.75) is 29.7 Å². The molecule has 0 aliphatic carbocycles. The SMILES string of the molecule is CCCNCc1ccccc1Sc1ccccc1OC. The summed E-state index contributed by atoms with van der Waals surface area (Å²) in [4.78, 5) is 2.43. The van der Waals surface area contributed by atoms with Crippen LogP contribution in [0.25, 0.3) is 0 Å². The van der Waals surface area contributed by atoms with Crippen molar-refractivity contribution in [2.24, 2.45) is 0 Å². The molecule has 0 aliphatic heterocycles. The Morgan fingerprint density at radius 1 is 1.00 bits per heavy atom. The van der Waals surface area contributed by atoms with Crippen molar-refractivity contribution in [3.63, 3.8) is 0 Å². The molecular formula is C17H21NOS. The first-order valence-electron chi connectivity index (χ1n) is 6.94. The monoisotopic (exact) mass is 287 g/mol. The average Bonchev–Trinajstić information content (AvgIpc) is 2.50. The highest BCUT2D eigenvalue weighted by molar-refractivity contribution is 7.99. The Kier molecular flexibility index (Phi) is 5.96. The quantitative estimate of drug-likeness (QED) is 0.765. The molecule has 0 heterocycles. The number of para-hydroxylation sites is 1. The molecular weight excluding hydrogens is 266 g/mol. The van der Waals surface area contributed by atoms with Crippen LogP contribution < -0.4 is 10.1 Å². The van der Waals surface area contributed by atoms with Gasteiger partial charge in [0.15, 0.2) is 0 Å². The summed E-state index contributed by atoms with van der Waals surface area (Å²) < 4.78 is 5.42. The zero-order chi connectivity index (χ0) is 14.2. The van der Waals surface area contributed by atoms with Crippen LogP contribution in [-0.2, 0) is 6.54 Å². The van der Waals surface area contributed by atoms with Crippen LogP contribution in [0.2, 0.25) is 0 Å². The molecule has 0 fully saturated rings. The lowest BCUT2D eigenvalue weighted by molar-refractivity contribution is 0.405. The van der Waals surface area contributed by atoms with Gasteiger partial charge in [0, 0.05) is 11.4 Å². The zero-order valence-corrected chi connectivity index (χ0v) is 12.9. The molecule has 2 aromatic rings. The lowest BCUT2D eigenvalue weighted by Gasteiger charge is -2.12. The predicted octanol–water partition coefficient (Wildman–Crippen LogP) is 4.35. The number of methoxy groups -OCH3 is 1. The summed E-state index contributed by atoms with van der Waals surface area (Å²) in [6.45, 7) is 4.14. The summed E-state index contributed by atoms with van der Waals surface area (Å²) in [6, 6.07) is 16.7. The summed E-state index contributed by atoms with van der Waals surface area (Å²) >= 11 is 1.76. The van der Waals surface area contributed by atoms with Crippen LogP contribution in [0.1, 0.15) is 18.9 Å². The molecule has 0 aliphatic rings. The lowest BCUT2D eigenvalue weighted by atomic mass is 10.2. The second-order valence-corrected chi connectivity index (χ2v) is 5.62. The lowest BCUT2D eigenvalue weighted by Crippen LogP contribution is -2.14. The van der Waals surface area contributed by atoms with Crippen LogP contribution in [0.3, 0.4) is 0 Å². The predicted molar refractivity (Wildman–Crippen MR) is 85.6 cm³/mol. The molecule has 0 atom stereocenters. The minimum atomic E-state index is 0.909. The molecule has 0 radical (unpaired) electrons. The maximum Gasteiger partial charge on any atom is 0.132 e. The van der Waals surface area contributed by atoms with Crippen LogP contribution in [0.15, 0.2) is 58.3 Å². The van der Waals surface area contributed by atoms with Gasteiger partial charge in [-0.25, -0.2) is 0 Å². The van der Waals surface area contributed by atoms with Gasteiger partial charge in [0.1, 0.15) is 5.75 Å². The van der Waals surface area contributed by atoms with Gasteiger partial charge in [0.05, 0.1) is 12.0 Å². The Labute approximate surface area is 125 Å². The molecule has 2 nitrogen and oxygen atoms in total. The summed E-state index contributed by atoms with van der Waals surface area (Å²) in [5.74, 6) is 0.925. The van der Waals surface area contributed by atoms with Gasteiger partial charge in [-0.1, -0.05) is 49.0 Å². The Morgan fingerprint density at radius 3 is 2.45 bits per heavy atom. The van der Waals surface area contributed by atoms with Crippen molar-refractivity contribution in [3.8, 4) is 5.75 Å². The van der Waals surface area contributed by atoms with Crippen molar-refractivity contribution in [3.05, 3.63) is 54.1 Å². The van der Waals surface area contributed by atoms with Crippen LogP contribution in [0, 0.1) is 0 Å². The first-order chi connectivity index (χ1) is 9.85. The van der Waals surface area contributed by atoms with E-state index in [9.17, 15) is 0 Å². The summed E-state index contributed by atoms with van der Waals surface area (Å²) in [5.41, 5.74) is 1.33. The standard InChI is InChI=1S/C17H21NOS/c1-3-12-18-13-14-8-4-6-10-16(14)20-17-11-7-5-9-15(17)19-2/h4-11,18H,3,12-13H2,1-2H3. The molecule has 2 aromatic carbocycles. The number of hydrogen-bond acceptors (Lipinski definition) is 3. The van der Waals surface area contributed by atoms with Crippen LogP contribution in [-0.4, -0.2) is 13.7 Å². The van der Waals surface area contributed by atoms with E-state index in [1.54, 1.807) is 18.9 Å². The number of ether oxygens (including phenoxy) is 1. The normalized spacial score (nSPS) is 10.5. The molecule has 0 aromatic heterocycles. The van der Waals surface area contributed by atoms with E-state index in [4.69, 9.17) is 4.74 Å². The molecule has 1 N–H and O–H groups in total. The molecule has 2 rings (SSSR count).